The number of methoxy groups -OCH3 is 1. The molecule has 6 nitrogen and oxygen atoms in total. The maximum absolute atomic E-state index is 12.6. The maximum Gasteiger partial charge on any atom is 0.255 e. The van der Waals surface area contributed by atoms with Gasteiger partial charge in [0, 0.05) is 24.8 Å². The van der Waals surface area contributed by atoms with Crippen molar-refractivity contribution in [3.8, 4) is 5.75 Å². The lowest BCUT2D eigenvalue weighted by atomic mass is 10.1. The number of carbonyl (C=O) groups is 1. The lowest BCUT2D eigenvalue weighted by molar-refractivity contribution is 0.102. The number of rotatable bonds is 4. The number of morpholine rings is 1. The van der Waals surface area contributed by atoms with Crippen molar-refractivity contribution in [3.05, 3.63) is 47.7 Å². The molecule has 0 atom stereocenters. The molecule has 0 spiro atoms. The van der Waals surface area contributed by atoms with E-state index in [4.69, 9.17) is 9.47 Å². The molecule has 0 aliphatic carbocycles. The molecule has 0 unspecified atom stereocenters. The van der Waals surface area contributed by atoms with Crippen molar-refractivity contribution in [2.24, 2.45) is 0 Å². The Morgan fingerprint density at radius 3 is 2.83 bits per heavy atom. The zero-order valence-corrected chi connectivity index (χ0v) is 13.9. The normalized spacial score (nSPS) is 14.3. The summed E-state index contributed by atoms with van der Waals surface area (Å²) >= 11 is 0. The van der Waals surface area contributed by atoms with Gasteiger partial charge in [0.1, 0.15) is 5.75 Å². The monoisotopic (exact) mass is 327 g/mol. The summed E-state index contributed by atoms with van der Waals surface area (Å²) in [7, 11) is 1.60. The number of nitrogens with one attached hydrogen (secondary N) is 1. The second-order valence-electron chi connectivity index (χ2n) is 5.61. The molecule has 3 rings (SSSR count). The molecule has 1 amide bonds. The minimum Gasteiger partial charge on any atom is -0.496 e. The van der Waals surface area contributed by atoms with Crippen LogP contribution in [0, 0.1) is 6.92 Å². The highest BCUT2D eigenvalue weighted by atomic mass is 16.5. The van der Waals surface area contributed by atoms with Gasteiger partial charge in [-0.1, -0.05) is 6.07 Å². The second kappa shape index (κ2) is 7.31. The first-order valence-electron chi connectivity index (χ1n) is 7.93. The quantitative estimate of drug-likeness (QED) is 0.935. The van der Waals surface area contributed by atoms with Crippen molar-refractivity contribution in [2.75, 3.05) is 43.6 Å². The van der Waals surface area contributed by atoms with E-state index in [1.807, 2.05) is 25.1 Å². The molecule has 1 aliphatic rings. The van der Waals surface area contributed by atoms with E-state index >= 15 is 0 Å². The van der Waals surface area contributed by atoms with E-state index in [-0.39, 0.29) is 5.91 Å². The smallest absolute Gasteiger partial charge is 0.255 e. The molecule has 0 saturated carbocycles. The predicted octanol–water partition coefficient (Wildman–Crippen LogP) is 2.49. The van der Waals surface area contributed by atoms with Crippen molar-refractivity contribution in [2.45, 2.75) is 6.92 Å². The molecule has 24 heavy (non-hydrogen) atoms. The number of anilines is 2. The number of hydrogen-bond donors (Lipinski definition) is 1. The minimum atomic E-state index is -0.184. The Labute approximate surface area is 141 Å². The topological polar surface area (TPSA) is 63.7 Å². The summed E-state index contributed by atoms with van der Waals surface area (Å²) < 4.78 is 10.7. The summed E-state index contributed by atoms with van der Waals surface area (Å²) in [4.78, 5) is 19.1. The molecular formula is C18H21N3O3. The molecule has 1 aromatic carbocycles. The van der Waals surface area contributed by atoms with Crippen LogP contribution < -0.4 is 15.0 Å². The molecule has 0 radical (unpaired) electrons. The van der Waals surface area contributed by atoms with Gasteiger partial charge in [-0.3, -0.25) is 4.79 Å². The molecule has 6 heteroatoms. The number of aromatic nitrogens is 1. The van der Waals surface area contributed by atoms with Gasteiger partial charge in [-0.2, -0.15) is 0 Å². The lowest BCUT2D eigenvalue weighted by Gasteiger charge is -2.29. The number of carbonyl (C=O) groups excluding carboxylic acids is 1. The van der Waals surface area contributed by atoms with Gasteiger partial charge in [-0.15, -0.1) is 0 Å². The molecule has 126 valence electrons. The van der Waals surface area contributed by atoms with Gasteiger partial charge in [0.15, 0.2) is 5.82 Å². The van der Waals surface area contributed by atoms with Crippen LogP contribution in [0.1, 0.15) is 15.9 Å². The summed E-state index contributed by atoms with van der Waals surface area (Å²) in [6, 6.07) is 9.09. The van der Waals surface area contributed by atoms with Crippen LogP contribution in [0.15, 0.2) is 36.5 Å². The number of ether oxygens (including phenoxy) is 2. The van der Waals surface area contributed by atoms with Gasteiger partial charge in [0.05, 0.1) is 26.0 Å². The maximum atomic E-state index is 12.6. The molecular weight excluding hydrogens is 306 g/mol. The third-order valence-corrected chi connectivity index (χ3v) is 4.02. The van der Waals surface area contributed by atoms with Crippen molar-refractivity contribution in [1.29, 1.82) is 0 Å². The summed E-state index contributed by atoms with van der Waals surface area (Å²) in [5, 5.41) is 2.96. The average molecular weight is 327 g/mol. The van der Waals surface area contributed by atoms with Crippen LogP contribution in [-0.2, 0) is 4.74 Å². The van der Waals surface area contributed by atoms with Gasteiger partial charge in [-0.25, -0.2) is 4.98 Å². The summed E-state index contributed by atoms with van der Waals surface area (Å²) in [5.74, 6) is 1.28. The Morgan fingerprint density at radius 1 is 1.29 bits per heavy atom. The van der Waals surface area contributed by atoms with Crippen LogP contribution in [0.5, 0.6) is 5.75 Å². The zero-order chi connectivity index (χ0) is 16.9. The summed E-state index contributed by atoms with van der Waals surface area (Å²) in [6.07, 6.45) is 1.73. The Bertz CT molecular complexity index is 727. The fourth-order valence-corrected chi connectivity index (χ4v) is 2.68. The standard InChI is InChI=1S/C18H21N3O3/c1-13-5-6-14(12-16(13)23-2)18(22)20-15-4-3-7-19-17(15)21-8-10-24-11-9-21/h3-7,12H,8-11H2,1-2H3,(H,20,22). The number of aryl methyl sites for hydroxylation is 1. The predicted molar refractivity (Wildman–Crippen MR) is 93.0 cm³/mol. The van der Waals surface area contributed by atoms with Gasteiger partial charge in [0.25, 0.3) is 5.91 Å². The van der Waals surface area contributed by atoms with Gasteiger partial charge in [0.2, 0.25) is 0 Å². The molecule has 1 aliphatic heterocycles. The zero-order valence-electron chi connectivity index (χ0n) is 13.9. The number of amides is 1. The largest absolute Gasteiger partial charge is 0.496 e. The van der Waals surface area contributed by atoms with E-state index in [2.05, 4.69) is 15.2 Å². The summed E-state index contributed by atoms with van der Waals surface area (Å²) in [5.41, 5.74) is 2.24. The van der Waals surface area contributed by atoms with Gasteiger partial charge >= 0.3 is 0 Å². The molecule has 1 aromatic heterocycles. The highest BCUT2D eigenvalue weighted by molar-refractivity contribution is 6.05. The first-order valence-corrected chi connectivity index (χ1v) is 7.93. The molecule has 1 fully saturated rings. The van der Waals surface area contributed by atoms with E-state index < -0.39 is 0 Å². The first-order chi connectivity index (χ1) is 11.7. The SMILES string of the molecule is COc1cc(C(=O)Nc2cccnc2N2CCOCC2)ccc1C. The Balaban J connectivity index is 1.82. The summed E-state index contributed by atoms with van der Waals surface area (Å²) in [6.45, 7) is 4.80. The van der Waals surface area contributed by atoms with E-state index in [9.17, 15) is 4.79 Å². The van der Waals surface area contributed by atoms with Gasteiger partial charge < -0.3 is 19.7 Å². The fourth-order valence-electron chi connectivity index (χ4n) is 2.68. The van der Waals surface area contributed by atoms with Crippen LogP contribution in [0.25, 0.3) is 0 Å². The van der Waals surface area contributed by atoms with E-state index in [1.54, 1.807) is 25.4 Å². The Hall–Kier alpha value is -2.60. The van der Waals surface area contributed by atoms with E-state index in [0.717, 1.165) is 24.5 Å². The molecule has 1 saturated heterocycles. The van der Waals surface area contributed by atoms with Crippen molar-refractivity contribution >= 4 is 17.4 Å². The highest BCUT2D eigenvalue weighted by Gasteiger charge is 2.18. The van der Waals surface area contributed by atoms with Crippen LogP contribution in [0.4, 0.5) is 11.5 Å². The van der Waals surface area contributed by atoms with Crippen molar-refractivity contribution < 1.29 is 14.3 Å². The number of nitrogens with zero attached hydrogens (tertiary/aromatic N) is 2. The van der Waals surface area contributed by atoms with Crippen LogP contribution in [0.3, 0.4) is 0 Å². The van der Waals surface area contributed by atoms with E-state index in [0.29, 0.717) is 30.2 Å². The van der Waals surface area contributed by atoms with Crippen LogP contribution in [-0.4, -0.2) is 44.3 Å². The van der Waals surface area contributed by atoms with Crippen molar-refractivity contribution in [3.63, 3.8) is 0 Å². The molecule has 0 bridgehead atoms. The fraction of sp³-hybridized carbons (Fsp3) is 0.333. The Kier molecular flexibility index (Phi) is 4.96. The molecule has 2 heterocycles. The number of pyridine rings is 1. The second-order valence-corrected chi connectivity index (χ2v) is 5.61. The van der Waals surface area contributed by atoms with Crippen LogP contribution >= 0.6 is 0 Å². The lowest BCUT2D eigenvalue weighted by Crippen LogP contribution is -2.37. The van der Waals surface area contributed by atoms with Crippen LogP contribution in [0.2, 0.25) is 0 Å². The Morgan fingerprint density at radius 2 is 2.08 bits per heavy atom. The average Bonchev–Trinajstić information content (AvgIpc) is 2.63. The van der Waals surface area contributed by atoms with E-state index in [1.165, 1.54) is 0 Å². The molecule has 1 N–H and O–H groups in total. The van der Waals surface area contributed by atoms with Gasteiger partial charge in [-0.05, 0) is 36.8 Å². The third-order valence-electron chi connectivity index (χ3n) is 4.02. The molecule has 2 aromatic rings. The minimum absolute atomic E-state index is 0.184. The third kappa shape index (κ3) is 3.49. The number of hydrogen-bond acceptors (Lipinski definition) is 5. The first kappa shape index (κ1) is 16.3. The highest BCUT2D eigenvalue weighted by Crippen LogP contribution is 2.25. The number of benzene rings is 1. The van der Waals surface area contributed by atoms with Crippen molar-refractivity contribution in [1.82, 2.24) is 4.98 Å².